The predicted octanol–water partition coefficient (Wildman–Crippen LogP) is 1.18. The summed E-state index contributed by atoms with van der Waals surface area (Å²) in [5.41, 5.74) is 0.898. The normalized spacial score (nSPS) is 12.6. The van der Waals surface area contributed by atoms with Gasteiger partial charge in [-0.15, -0.1) is 0 Å². The van der Waals surface area contributed by atoms with Crippen molar-refractivity contribution < 1.29 is 15.0 Å². The molecular formula is C8H14O3. The van der Waals surface area contributed by atoms with Crippen molar-refractivity contribution in [1.82, 2.24) is 0 Å². The molecule has 0 heterocycles. The zero-order valence-electron chi connectivity index (χ0n) is 6.92. The number of rotatable bonds is 4. The van der Waals surface area contributed by atoms with Gasteiger partial charge in [0, 0.05) is 5.57 Å². The van der Waals surface area contributed by atoms with Gasteiger partial charge in [-0.1, -0.05) is 13.3 Å². The summed E-state index contributed by atoms with van der Waals surface area (Å²) in [6.07, 6.45) is 1.52. The Morgan fingerprint density at radius 1 is 1.45 bits per heavy atom. The third kappa shape index (κ3) is 3.18. The van der Waals surface area contributed by atoms with Gasteiger partial charge in [-0.05, 0) is 18.9 Å². The maximum Gasteiger partial charge on any atom is 0.331 e. The fraction of sp³-hybridized carbons (Fsp3) is 0.625. The van der Waals surface area contributed by atoms with Crippen LogP contribution < -0.4 is 0 Å². The van der Waals surface area contributed by atoms with Crippen molar-refractivity contribution in [2.75, 3.05) is 6.61 Å². The summed E-state index contributed by atoms with van der Waals surface area (Å²) in [5, 5.41) is 17.3. The van der Waals surface area contributed by atoms with E-state index in [0.717, 1.165) is 6.42 Å². The highest BCUT2D eigenvalue weighted by molar-refractivity contribution is 5.86. The molecule has 11 heavy (non-hydrogen) atoms. The zero-order chi connectivity index (χ0) is 8.85. The lowest BCUT2D eigenvalue weighted by atomic mass is 10.1. The van der Waals surface area contributed by atoms with Gasteiger partial charge in [-0.25, -0.2) is 4.79 Å². The SMILES string of the molecule is CCCC(CO)=C(C)C(=O)O. The lowest BCUT2D eigenvalue weighted by molar-refractivity contribution is -0.132. The largest absolute Gasteiger partial charge is 0.478 e. The molecule has 3 nitrogen and oxygen atoms in total. The van der Waals surface area contributed by atoms with Crippen molar-refractivity contribution in [2.45, 2.75) is 26.7 Å². The molecule has 3 heteroatoms. The number of aliphatic hydroxyl groups excluding tert-OH is 1. The van der Waals surface area contributed by atoms with E-state index < -0.39 is 5.97 Å². The highest BCUT2D eigenvalue weighted by Gasteiger charge is 2.06. The van der Waals surface area contributed by atoms with Gasteiger partial charge in [0.2, 0.25) is 0 Å². The maximum absolute atomic E-state index is 10.4. The molecule has 0 saturated heterocycles. The number of hydrogen-bond donors (Lipinski definition) is 2. The minimum Gasteiger partial charge on any atom is -0.478 e. The third-order valence-electron chi connectivity index (χ3n) is 1.59. The summed E-state index contributed by atoms with van der Waals surface area (Å²) < 4.78 is 0. The Balaban J connectivity index is 4.39. The van der Waals surface area contributed by atoms with Crippen LogP contribution in [-0.2, 0) is 4.79 Å². The van der Waals surface area contributed by atoms with E-state index in [1.807, 2.05) is 6.92 Å². The number of aliphatic hydroxyl groups is 1. The molecule has 0 rings (SSSR count). The van der Waals surface area contributed by atoms with Gasteiger partial charge in [0.15, 0.2) is 0 Å². The second-order valence-electron chi connectivity index (χ2n) is 2.44. The van der Waals surface area contributed by atoms with Crippen molar-refractivity contribution in [1.29, 1.82) is 0 Å². The standard InChI is InChI=1S/C8H14O3/c1-3-4-7(5-9)6(2)8(10)11/h9H,3-5H2,1-2H3,(H,10,11). The summed E-state index contributed by atoms with van der Waals surface area (Å²) in [6, 6.07) is 0. The average Bonchev–Trinajstić information content (AvgIpc) is 1.98. The molecule has 0 unspecified atom stereocenters. The Bertz CT molecular complexity index is 170. The monoisotopic (exact) mass is 158 g/mol. The van der Waals surface area contributed by atoms with E-state index in [-0.39, 0.29) is 12.2 Å². The topological polar surface area (TPSA) is 57.5 Å². The van der Waals surface area contributed by atoms with Crippen LogP contribution in [0.4, 0.5) is 0 Å². The minimum absolute atomic E-state index is 0.147. The highest BCUT2D eigenvalue weighted by atomic mass is 16.4. The first kappa shape index (κ1) is 10.2. The molecule has 0 saturated carbocycles. The van der Waals surface area contributed by atoms with Gasteiger partial charge in [-0.2, -0.15) is 0 Å². The van der Waals surface area contributed by atoms with Gasteiger partial charge in [0.1, 0.15) is 0 Å². The minimum atomic E-state index is -0.942. The molecule has 0 aliphatic carbocycles. The highest BCUT2D eigenvalue weighted by Crippen LogP contribution is 2.09. The van der Waals surface area contributed by atoms with Crippen LogP contribution in [0, 0.1) is 0 Å². The molecule has 0 bridgehead atoms. The number of carboxylic acid groups (broad SMARTS) is 1. The molecule has 0 aromatic carbocycles. The molecule has 2 N–H and O–H groups in total. The molecule has 64 valence electrons. The molecule has 0 aliphatic rings. The number of hydrogen-bond acceptors (Lipinski definition) is 2. The van der Waals surface area contributed by atoms with E-state index in [1.165, 1.54) is 6.92 Å². The van der Waals surface area contributed by atoms with E-state index in [1.54, 1.807) is 0 Å². The first-order chi connectivity index (χ1) is 5.13. The molecule has 0 aliphatic heterocycles. The van der Waals surface area contributed by atoms with Crippen LogP contribution in [-0.4, -0.2) is 22.8 Å². The third-order valence-corrected chi connectivity index (χ3v) is 1.59. The van der Waals surface area contributed by atoms with Crippen LogP contribution in [0.2, 0.25) is 0 Å². The second kappa shape index (κ2) is 4.91. The maximum atomic E-state index is 10.4. The first-order valence-electron chi connectivity index (χ1n) is 3.66. The van der Waals surface area contributed by atoms with Crippen LogP contribution in [0.25, 0.3) is 0 Å². The van der Waals surface area contributed by atoms with Crippen LogP contribution in [0.3, 0.4) is 0 Å². The van der Waals surface area contributed by atoms with E-state index in [9.17, 15) is 4.79 Å². The molecule has 0 spiro atoms. The van der Waals surface area contributed by atoms with Crippen LogP contribution in [0.5, 0.6) is 0 Å². The van der Waals surface area contributed by atoms with E-state index >= 15 is 0 Å². The number of carboxylic acids is 1. The van der Waals surface area contributed by atoms with Gasteiger partial charge in [0.05, 0.1) is 6.61 Å². The predicted molar refractivity (Wildman–Crippen MR) is 42.3 cm³/mol. The van der Waals surface area contributed by atoms with Crippen molar-refractivity contribution in [3.05, 3.63) is 11.1 Å². The van der Waals surface area contributed by atoms with Gasteiger partial charge in [0.25, 0.3) is 0 Å². The Kier molecular flexibility index (Phi) is 4.54. The summed E-state index contributed by atoms with van der Waals surface area (Å²) in [6.45, 7) is 3.32. The van der Waals surface area contributed by atoms with Gasteiger partial charge >= 0.3 is 5.97 Å². The molecule has 0 atom stereocenters. The van der Waals surface area contributed by atoms with Crippen molar-refractivity contribution in [3.63, 3.8) is 0 Å². The lowest BCUT2D eigenvalue weighted by Gasteiger charge is -2.03. The molecule has 0 aromatic heterocycles. The second-order valence-corrected chi connectivity index (χ2v) is 2.44. The quantitative estimate of drug-likeness (QED) is 0.604. The molecule has 0 amide bonds. The number of aliphatic carboxylic acids is 1. The Morgan fingerprint density at radius 2 is 2.00 bits per heavy atom. The Morgan fingerprint density at radius 3 is 2.27 bits per heavy atom. The van der Waals surface area contributed by atoms with Crippen molar-refractivity contribution in [3.8, 4) is 0 Å². The molecule has 0 radical (unpaired) electrons. The van der Waals surface area contributed by atoms with Crippen molar-refractivity contribution >= 4 is 5.97 Å². The summed E-state index contributed by atoms with van der Waals surface area (Å²) >= 11 is 0. The van der Waals surface area contributed by atoms with E-state index in [4.69, 9.17) is 10.2 Å². The van der Waals surface area contributed by atoms with E-state index in [0.29, 0.717) is 12.0 Å². The summed E-state index contributed by atoms with van der Waals surface area (Å²) in [5.74, 6) is -0.942. The Labute approximate surface area is 66.4 Å². The summed E-state index contributed by atoms with van der Waals surface area (Å²) in [4.78, 5) is 10.4. The van der Waals surface area contributed by atoms with Gasteiger partial charge in [-0.3, -0.25) is 0 Å². The molecule has 0 aromatic rings. The van der Waals surface area contributed by atoms with Crippen LogP contribution in [0.15, 0.2) is 11.1 Å². The molecule has 0 fully saturated rings. The Hall–Kier alpha value is -0.830. The van der Waals surface area contributed by atoms with Crippen LogP contribution >= 0.6 is 0 Å². The fourth-order valence-electron chi connectivity index (χ4n) is 0.838. The zero-order valence-corrected chi connectivity index (χ0v) is 6.92. The fourth-order valence-corrected chi connectivity index (χ4v) is 0.838. The molecular weight excluding hydrogens is 144 g/mol. The van der Waals surface area contributed by atoms with Gasteiger partial charge < -0.3 is 10.2 Å². The lowest BCUT2D eigenvalue weighted by Crippen LogP contribution is -2.04. The average molecular weight is 158 g/mol. The van der Waals surface area contributed by atoms with Crippen molar-refractivity contribution in [2.24, 2.45) is 0 Å². The first-order valence-corrected chi connectivity index (χ1v) is 3.66. The van der Waals surface area contributed by atoms with E-state index in [2.05, 4.69) is 0 Å². The summed E-state index contributed by atoms with van der Waals surface area (Å²) in [7, 11) is 0. The smallest absolute Gasteiger partial charge is 0.331 e. The van der Waals surface area contributed by atoms with Crippen LogP contribution in [0.1, 0.15) is 26.7 Å². The number of carbonyl (C=O) groups is 1.